The first-order valence-corrected chi connectivity index (χ1v) is 10.1. The minimum Gasteiger partial charge on any atom is -0.384 e. The molecule has 1 atom stereocenters. The summed E-state index contributed by atoms with van der Waals surface area (Å²) in [6.07, 6.45) is 7.18. The van der Waals surface area contributed by atoms with E-state index in [-0.39, 0.29) is 5.56 Å². The van der Waals surface area contributed by atoms with Crippen LogP contribution in [-0.2, 0) is 18.6 Å². The summed E-state index contributed by atoms with van der Waals surface area (Å²) in [5, 5.41) is 11.9. The predicted octanol–water partition coefficient (Wildman–Crippen LogP) is 2.43. The molecule has 3 aromatic heterocycles. The van der Waals surface area contributed by atoms with E-state index in [0.29, 0.717) is 47.1 Å². The highest BCUT2D eigenvalue weighted by atomic mass is 32.2. The van der Waals surface area contributed by atoms with Gasteiger partial charge < -0.3 is 5.11 Å². The molecule has 1 N–H and O–H groups in total. The first-order chi connectivity index (χ1) is 13.0. The van der Waals surface area contributed by atoms with E-state index in [1.54, 1.807) is 21.6 Å². The zero-order chi connectivity index (χ0) is 19.2. The van der Waals surface area contributed by atoms with Crippen LogP contribution in [-0.4, -0.2) is 35.7 Å². The number of fused-ring (bicyclic) bond motifs is 2. The molecule has 27 heavy (non-hydrogen) atoms. The molecule has 0 aromatic carbocycles. The number of aliphatic hydroxyl groups is 1. The fourth-order valence-corrected chi connectivity index (χ4v) is 3.97. The van der Waals surface area contributed by atoms with Crippen LogP contribution in [0.15, 0.2) is 40.9 Å². The smallest absolute Gasteiger partial charge is 0.278 e. The molecular weight excluding hydrogens is 362 g/mol. The van der Waals surface area contributed by atoms with E-state index < -0.39 is 5.60 Å². The summed E-state index contributed by atoms with van der Waals surface area (Å²) < 4.78 is 3.25. The highest BCUT2D eigenvalue weighted by Crippen LogP contribution is 2.38. The SMILES string of the molecule is C=CCn1c(=O)c2cnc(SC)nc2n1-c1ccc2c(n1)C(O)(CC)CC2. The second-order valence-electron chi connectivity index (χ2n) is 6.64. The van der Waals surface area contributed by atoms with Gasteiger partial charge in [0.1, 0.15) is 11.0 Å². The molecule has 3 aromatic rings. The molecule has 4 rings (SSSR count). The Bertz CT molecular complexity index is 1100. The molecule has 8 heteroatoms. The summed E-state index contributed by atoms with van der Waals surface area (Å²) in [6.45, 7) is 6.03. The first-order valence-electron chi connectivity index (χ1n) is 8.89. The summed E-state index contributed by atoms with van der Waals surface area (Å²) in [5.74, 6) is 0.558. The summed E-state index contributed by atoms with van der Waals surface area (Å²) >= 11 is 1.41. The van der Waals surface area contributed by atoms with Crippen molar-refractivity contribution in [2.24, 2.45) is 0 Å². The van der Waals surface area contributed by atoms with Crippen molar-refractivity contribution in [3.05, 3.63) is 52.6 Å². The van der Waals surface area contributed by atoms with E-state index in [1.807, 2.05) is 25.3 Å². The molecule has 0 saturated heterocycles. The Balaban J connectivity index is 2.01. The van der Waals surface area contributed by atoms with Crippen molar-refractivity contribution >= 4 is 22.8 Å². The van der Waals surface area contributed by atoms with Gasteiger partial charge in [-0.2, -0.15) is 0 Å². The normalized spacial score (nSPS) is 18.8. The molecule has 0 aliphatic heterocycles. The Hall–Kier alpha value is -2.45. The van der Waals surface area contributed by atoms with Crippen molar-refractivity contribution in [2.45, 2.75) is 43.5 Å². The van der Waals surface area contributed by atoms with Crippen LogP contribution in [0, 0.1) is 0 Å². The number of pyridine rings is 1. The number of nitrogens with zero attached hydrogens (tertiary/aromatic N) is 5. The maximum absolute atomic E-state index is 12.9. The maximum Gasteiger partial charge on any atom is 0.278 e. The minimum atomic E-state index is -0.919. The second-order valence-corrected chi connectivity index (χ2v) is 7.42. The van der Waals surface area contributed by atoms with Crippen LogP contribution < -0.4 is 5.56 Å². The van der Waals surface area contributed by atoms with Crippen LogP contribution in [0.2, 0.25) is 0 Å². The molecule has 0 spiro atoms. The highest BCUT2D eigenvalue weighted by molar-refractivity contribution is 7.98. The Morgan fingerprint density at radius 1 is 1.41 bits per heavy atom. The second kappa shape index (κ2) is 6.61. The molecule has 0 amide bonds. The quantitative estimate of drug-likeness (QED) is 0.414. The van der Waals surface area contributed by atoms with Gasteiger partial charge in [0.15, 0.2) is 16.6 Å². The fourth-order valence-electron chi connectivity index (χ4n) is 3.64. The van der Waals surface area contributed by atoms with Crippen molar-refractivity contribution < 1.29 is 5.11 Å². The van der Waals surface area contributed by atoms with E-state index >= 15 is 0 Å². The summed E-state index contributed by atoms with van der Waals surface area (Å²) in [6, 6.07) is 3.86. The van der Waals surface area contributed by atoms with E-state index in [4.69, 9.17) is 4.98 Å². The largest absolute Gasteiger partial charge is 0.384 e. The van der Waals surface area contributed by atoms with Gasteiger partial charge in [-0.05, 0) is 37.1 Å². The number of aryl methyl sites for hydroxylation is 1. The average molecular weight is 383 g/mol. The molecule has 0 saturated carbocycles. The standard InChI is InChI=1S/C19H21N5O2S/c1-4-10-23-17(25)13-11-20-18(27-3)22-16(13)24(23)14-7-6-12-8-9-19(26,5-2)15(12)21-14/h4,6-7,11,26H,1,5,8-10H2,2-3H3. The van der Waals surface area contributed by atoms with Crippen molar-refractivity contribution in [1.82, 2.24) is 24.3 Å². The van der Waals surface area contributed by atoms with Crippen LogP contribution in [0.4, 0.5) is 0 Å². The lowest BCUT2D eigenvalue weighted by Gasteiger charge is -2.21. The number of hydrogen-bond acceptors (Lipinski definition) is 6. The fraction of sp³-hybridized carbons (Fsp3) is 0.368. The Labute approximate surface area is 160 Å². The molecule has 1 unspecified atom stereocenters. The Morgan fingerprint density at radius 2 is 2.22 bits per heavy atom. The Morgan fingerprint density at radius 3 is 2.93 bits per heavy atom. The molecule has 1 aliphatic carbocycles. The summed E-state index contributed by atoms with van der Waals surface area (Å²) in [4.78, 5) is 26.4. The lowest BCUT2D eigenvalue weighted by Crippen LogP contribution is -2.25. The van der Waals surface area contributed by atoms with Gasteiger partial charge in [-0.3, -0.25) is 4.79 Å². The highest BCUT2D eigenvalue weighted by Gasteiger charge is 2.37. The molecule has 0 fully saturated rings. The zero-order valence-corrected chi connectivity index (χ0v) is 16.2. The van der Waals surface area contributed by atoms with Gasteiger partial charge in [-0.25, -0.2) is 24.3 Å². The third-order valence-electron chi connectivity index (χ3n) is 5.15. The maximum atomic E-state index is 12.9. The van der Waals surface area contributed by atoms with E-state index in [9.17, 15) is 9.90 Å². The molecule has 1 aliphatic rings. The van der Waals surface area contributed by atoms with Gasteiger partial charge in [0.25, 0.3) is 5.56 Å². The van der Waals surface area contributed by atoms with Gasteiger partial charge in [0.05, 0.1) is 12.2 Å². The van der Waals surface area contributed by atoms with Gasteiger partial charge >= 0.3 is 0 Å². The van der Waals surface area contributed by atoms with Crippen LogP contribution in [0.25, 0.3) is 16.9 Å². The average Bonchev–Trinajstić information content (AvgIpc) is 3.17. The number of rotatable bonds is 5. The summed E-state index contributed by atoms with van der Waals surface area (Å²) in [7, 11) is 0. The van der Waals surface area contributed by atoms with E-state index in [1.165, 1.54) is 11.8 Å². The third-order valence-corrected chi connectivity index (χ3v) is 5.71. The molecule has 7 nitrogen and oxygen atoms in total. The van der Waals surface area contributed by atoms with Gasteiger partial charge in [-0.15, -0.1) is 6.58 Å². The van der Waals surface area contributed by atoms with Gasteiger partial charge in [-0.1, -0.05) is 30.8 Å². The molecule has 3 heterocycles. The lowest BCUT2D eigenvalue weighted by molar-refractivity contribution is 0.0306. The number of thioether (sulfide) groups is 1. The zero-order valence-electron chi connectivity index (χ0n) is 15.3. The van der Waals surface area contributed by atoms with Crippen molar-refractivity contribution in [1.29, 1.82) is 0 Å². The number of allylic oxidation sites excluding steroid dienone is 1. The van der Waals surface area contributed by atoms with Crippen molar-refractivity contribution in [3.8, 4) is 5.82 Å². The molecular formula is C19H21N5O2S. The van der Waals surface area contributed by atoms with Crippen LogP contribution in [0.3, 0.4) is 0 Å². The van der Waals surface area contributed by atoms with Crippen molar-refractivity contribution in [3.63, 3.8) is 0 Å². The first kappa shape index (κ1) is 17.9. The molecule has 140 valence electrons. The summed E-state index contributed by atoms with van der Waals surface area (Å²) in [5.41, 5.74) is 1.15. The Kier molecular flexibility index (Phi) is 4.39. The predicted molar refractivity (Wildman–Crippen MR) is 105 cm³/mol. The molecule has 0 bridgehead atoms. The van der Waals surface area contributed by atoms with E-state index in [2.05, 4.69) is 16.5 Å². The molecule has 0 radical (unpaired) electrons. The lowest BCUT2D eigenvalue weighted by atomic mass is 9.98. The minimum absolute atomic E-state index is 0.189. The number of aromatic nitrogens is 5. The van der Waals surface area contributed by atoms with Crippen molar-refractivity contribution in [2.75, 3.05) is 6.26 Å². The van der Waals surface area contributed by atoms with Gasteiger partial charge in [0, 0.05) is 6.20 Å². The number of hydrogen-bond donors (Lipinski definition) is 1. The van der Waals surface area contributed by atoms with Crippen LogP contribution in [0.5, 0.6) is 0 Å². The topological polar surface area (TPSA) is 85.8 Å². The monoisotopic (exact) mass is 383 g/mol. The third kappa shape index (κ3) is 2.71. The van der Waals surface area contributed by atoms with E-state index in [0.717, 1.165) is 12.0 Å². The van der Waals surface area contributed by atoms with Crippen LogP contribution >= 0.6 is 11.8 Å². The van der Waals surface area contributed by atoms with Crippen LogP contribution in [0.1, 0.15) is 31.0 Å². The van der Waals surface area contributed by atoms with Gasteiger partial charge in [0.2, 0.25) is 0 Å².